The lowest BCUT2D eigenvalue weighted by Crippen LogP contribution is -2.47. The monoisotopic (exact) mass is 449 g/mol. The minimum atomic E-state index is -0.215. The number of nitrogens with zero attached hydrogens (tertiary/aromatic N) is 3. The highest BCUT2D eigenvalue weighted by Gasteiger charge is 2.41. The number of rotatable bonds is 8. The molecule has 0 spiro atoms. The normalized spacial score (nSPS) is 16.6. The highest BCUT2D eigenvalue weighted by Crippen LogP contribution is 2.34. The molecule has 33 heavy (non-hydrogen) atoms. The van der Waals surface area contributed by atoms with Crippen molar-refractivity contribution in [3.63, 3.8) is 0 Å². The zero-order chi connectivity index (χ0) is 23.4. The minimum Gasteiger partial charge on any atom is -0.495 e. The highest BCUT2D eigenvalue weighted by molar-refractivity contribution is 6.35. The van der Waals surface area contributed by atoms with E-state index in [0.29, 0.717) is 37.5 Å². The zero-order valence-corrected chi connectivity index (χ0v) is 19.5. The van der Waals surface area contributed by atoms with Crippen LogP contribution in [0.3, 0.4) is 0 Å². The lowest BCUT2D eigenvalue weighted by molar-refractivity contribution is -0.137. The van der Waals surface area contributed by atoms with Crippen LogP contribution in [0.25, 0.3) is 5.57 Å². The standard InChI is InChI=1S/C26H31N3O4/c1-4-14-29-25(30)23(19-10-12-20(13-11-19)33-5-2)24(26(29)31)28-17-15-27(16-18-28)21-8-6-7-9-22(21)32-3/h6-13H,4-5,14-18H2,1-3H3. The van der Waals surface area contributed by atoms with Gasteiger partial charge in [-0.25, -0.2) is 0 Å². The van der Waals surface area contributed by atoms with Crippen LogP contribution >= 0.6 is 0 Å². The molecular formula is C26H31N3O4. The van der Waals surface area contributed by atoms with Crippen molar-refractivity contribution in [2.24, 2.45) is 0 Å². The summed E-state index contributed by atoms with van der Waals surface area (Å²) in [7, 11) is 1.67. The molecule has 7 heteroatoms. The van der Waals surface area contributed by atoms with Gasteiger partial charge in [-0.15, -0.1) is 0 Å². The van der Waals surface area contributed by atoms with E-state index in [2.05, 4.69) is 9.80 Å². The maximum Gasteiger partial charge on any atom is 0.277 e. The lowest BCUT2D eigenvalue weighted by atomic mass is 10.0. The van der Waals surface area contributed by atoms with E-state index >= 15 is 0 Å². The van der Waals surface area contributed by atoms with Gasteiger partial charge in [0.2, 0.25) is 0 Å². The quantitative estimate of drug-likeness (QED) is 0.576. The van der Waals surface area contributed by atoms with Crippen LogP contribution in [0.2, 0.25) is 0 Å². The maximum atomic E-state index is 13.4. The molecule has 1 saturated heterocycles. The molecule has 0 aliphatic carbocycles. The van der Waals surface area contributed by atoms with E-state index in [4.69, 9.17) is 9.47 Å². The highest BCUT2D eigenvalue weighted by atomic mass is 16.5. The van der Waals surface area contributed by atoms with Gasteiger partial charge >= 0.3 is 0 Å². The number of carbonyl (C=O) groups is 2. The van der Waals surface area contributed by atoms with Crippen LogP contribution in [0, 0.1) is 0 Å². The largest absolute Gasteiger partial charge is 0.495 e. The summed E-state index contributed by atoms with van der Waals surface area (Å²) in [4.78, 5) is 32.4. The van der Waals surface area contributed by atoms with Gasteiger partial charge < -0.3 is 19.3 Å². The third-order valence-corrected chi connectivity index (χ3v) is 6.07. The van der Waals surface area contributed by atoms with Crippen LogP contribution in [-0.2, 0) is 9.59 Å². The molecular weight excluding hydrogens is 418 g/mol. The molecule has 2 aliphatic heterocycles. The molecule has 7 nitrogen and oxygen atoms in total. The van der Waals surface area contributed by atoms with Gasteiger partial charge in [-0.3, -0.25) is 14.5 Å². The van der Waals surface area contributed by atoms with Crippen molar-refractivity contribution in [3.05, 3.63) is 59.8 Å². The fourth-order valence-electron chi connectivity index (χ4n) is 4.49. The summed E-state index contributed by atoms with van der Waals surface area (Å²) in [5.74, 6) is 1.17. The predicted molar refractivity (Wildman–Crippen MR) is 128 cm³/mol. The number of amides is 2. The smallest absolute Gasteiger partial charge is 0.277 e. The van der Waals surface area contributed by atoms with Crippen molar-refractivity contribution in [3.8, 4) is 11.5 Å². The van der Waals surface area contributed by atoms with Crippen molar-refractivity contribution < 1.29 is 19.1 Å². The van der Waals surface area contributed by atoms with Crippen LogP contribution in [0.4, 0.5) is 5.69 Å². The van der Waals surface area contributed by atoms with Crippen molar-refractivity contribution in [2.75, 3.05) is 51.3 Å². The molecule has 2 heterocycles. The first kappa shape index (κ1) is 22.7. The predicted octanol–water partition coefficient (Wildman–Crippen LogP) is 3.41. The molecule has 0 unspecified atom stereocenters. The van der Waals surface area contributed by atoms with Gasteiger partial charge in [-0.05, 0) is 43.2 Å². The van der Waals surface area contributed by atoms with E-state index in [1.165, 1.54) is 4.90 Å². The molecule has 2 amide bonds. The van der Waals surface area contributed by atoms with Gasteiger partial charge in [0.25, 0.3) is 11.8 Å². The van der Waals surface area contributed by atoms with E-state index < -0.39 is 0 Å². The van der Waals surface area contributed by atoms with Gasteiger partial charge in [-0.1, -0.05) is 31.2 Å². The number of ether oxygens (including phenoxy) is 2. The molecule has 0 atom stereocenters. The van der Waals surface area contributed by atoms with Gasteiger partial charge in [0.15, 0.2) is 0 Å². The molecule has 0 aromatic heterocycles. The second-order valence-corrected chi connectivity index (χ2v) is 8.09. The number of hydrogen-bond donors (Lipinski definition) is 0. The molecule has 0 saturated carbocycles. The first-order valence-electron chi connectivity index (χ1n) is 11.6. The Morgan fingerprint density at radius 1 is 0.848 bits per heavy atom. The fraction of sp³-hybridized carbons (Fsp3) is 0.385. The fourth-order valence-corrected chi connectivity index (χ4v) is 4.49. The molecule has 4 rings (SSSR count). The first-order valence-corrected chi connectivity index (χ1v) is 11.6. The van der Waals surface area contributed by atoms with Crippen molar-refractivity contribution in [2.45, 2.75) is 20.3 Å². The van der Waals surface area contributed by atoms with E-state index in [9.17, 15) is 9.59 Å². The number of benzene rings is 2. The van der Waals surface area contributed by atoms with Gasteiger partial charge in [0.05, 0.1) is 25.0 Å². The third-order valence-electron chi connectivity index (χ3n) is 6.07. The summed E-state index contributed by atoms with van der Waals surface area (Å²) in [6, 6.07) is 15.4. The summed E-state index contributed by atoms with van der Waals surface area (Å²) < 4.78 is 11.1. The molecule has 0 bridgehead atoms. The molecule has 174 valence electrons. The number of anilines is 1. The summed E-state index contributed by atoms with van der Waals surface area (Å²) in [5, 5.41) is 0. The summed E-state index contributed by atoms with van der Waals surface area (Å²) >= 11 is 0. The number of para-hydroxylation sites is 2. The average molecular weight is 450 g/mol. The Morgan fingerprint density at radius 3 is 2.15 bits per heavy atom. The molecule has 2 aromatic rings. The van der Waals surface area contributed by atoms with E-state index in [-0.39, 0.29) is 11.8 Å². The van der Waals surface area contributed by atoms with Crippen LogP contribution in [-0.4, -0.2) is 68.1 Å². The average Bonchev–Trinajstić information content (AvgIpc) is 3.10. The molecule has 0 radical (unpaired) electrons. The van der Waals surface area contributed by atoms with Crippen LogP contribution in [0.5, 0.6) is 11.5 Å². The van der Waals surface area contributed by atoms with Crippen molar-refractivity contribution in [1.29, 1.82) is 0 Å². The van der Waals surface area contributed by atoms with Gasteiger partial charge in [0, 0.05) is 32.7 Å². The molecule has 1 fully saturated rings. The lowest BCUT2D eigenvalue weighted by Gasteiger charge is -2.38. The zero-order valence-electron chi connectivity index (χ0n) is 19.5. The van der Waals surface area contributed by atoms with Crippen LogP contribution in [0.1, 0.15) is 25.8 Å². The van der Waals surface area contributed by atoms with E-state index in [0.717, 1.165) is 42.3 Å². The van der Waals surface area contributed by atoms with E-state index in [1.54, 1.807) is 7.11 Å². The van der Waals surface area contributed by atoms with Gasteiger partial charge in [-0.2, -0.15) is 0 Å². The Bertz CT molecular complexity index is 1040. The number of hydrogen-bond acceptors (Lipinski definition) is 6. The first-order chi connectivity index (χ1) is 16.1. The van der Waals surface area contributed by atoms with E-state index in [1.807, 2.05) is 62.4 Å². The summed E-state index contributed by atoms with van der Waals surface area (Å²) in [5.41, 5.74) is 2.79. The van der Waals surface area contributed by atoms with Crippen molar-refractivity contribution in [1.82, 2.24) is 9.80 Å². The molecule has 2 aliphatic rings. The number of carbonyl (C=O) groups excluding carboxylic acids is 2. The second-order valence-electron chi connectivity index (χ2n) is 8.09. The van der Waals surface area contributed by atoms with Gasteiger partial charge in [0.1, 0.15) is 17.2 Å². The van der Waals surface area contributed by atoms with Crippen molar-refractivity contribution >= 4 is 23.1 Å². The summed E-state index contributed by atoms with van der Waals surface area (Å²) in [6.45, 7) is 7.65. The topological polar surface area (TPSA) is 62.3 Å². The Labute approximate surface area is 195 Å². The number of imide groups is 1. The summed E-state index contributed by atoms with van der Waals surface area (Å²) in [6.07, 6.45) is 0.725. The Balaban J connectivity index is 1.62. The Kier molecular flexibility index (Phi) is 6.87. The molecule has 2 aromatic carbocycles. The third kappa shape index (κ3) is 4.40. The SMILES string of the molecule is CCCN1C(=O)C(c2ccc(OCC)cc2)=C(N2CCN(c3ccccc3OC)CC2)C1=O. The van der Waals surface area contributed by atoms with Crippen LogP contribution in [0.15, 0.2) is 54.2 Å². The Morgan fingerprint density at radius 2 is 1.52 bits per heavy atom. The second kappa shape index (κ2) is 9.98. The maximum absolute atomic E-state index is 13.4. The minimum absolute atomic E-state index is 0.198. The number of methoxy groups -OCH3 is 1. The molecule has 0 N–H and O–H groups in total. The Hall–Kier alpha value is -3.48. The number of piperazine rings is 1. The van der Waals surface area contributed by atoms with Crippen LogP contribution < -0.4 is 14.4 Å².